The Kier molecular flexibility index (Phi) is 8.17. The van der Waals surface area contributed by atoms with Crippen molar-refractivity contribution in [2.45, 2.75) is 59.3 Å². The number of hydrogen-bond acceptors (Lipinski definition) is 6. The quantitative estimate of drug-likeness (QED) is 0.380. The van der Waals surface area contributed by atoms with Gasteiger partial charge in [-0.3, -0.25) is 10.1 Å². The molecule has 7 nitrogen and oxygen atoms in total. The van der Waals surface area contributed by atoms with E-state index in [-0.39, 0.29) is 17.4 Å². The SMILES string of the molecule is CCCCCCNc1nc(CC)nc(OCCC)c1[N+](=O)[O-]. The summed E-state index contributed by atoms with van der Waals surface area (Å²) < 4.78 is 5.44. The van der Waals surface area contributed by atoms with Crippen LogP contribution in [0.15, 0.2) is 0 Å². The second-order valence-electron chi connectivity index (χ2n) is 5.09. The van der Waals surface area contributed by atoms with E-state index in [0.717, 1.165) is 25.7 Å². The molecule has 0 fully saturated rings. The van der Waals surface area contributed by atoms with Crippen LogP contribution in [0.4, 0.5) is 11.5 Å². The fraction of sp³-hybridized carbons (Fsp3) is 0.733. The average molecular weight is 310 g/mol. The van der Waals surface area contributed by atoms with E-state index >= 15 is 0 Å². The largest absolute Gasteiger partial charge is 0.473 e. The van der Waals surface area contributed by atoms with Crippen LogP contribution in [0.2, 0.25) is 0 Å². The lowest BCUT2D eigenvalue weighted by Gasteiger charge is -2.11. The van der Waals surface area contributed by atoms with Gasteiger partial charge in [0.1, 0.15) is 5.82 Å². The molecule has 0 aliphatic rings. The van der Waals surface area contributed by atoms with Crippen molar-refractivity contribution in [3.8, 4) is 5.88 Å². The second-order valence-corrected chi connectivity index (χ2v) is 5.09. The molecule has 0 saturated heterocycles. The fourth-order valence-corrected chi connectivity index (χ4v) is 1.98. The van der Waals surface area contributed by atoms with Crippen LogP contribution in [-0.2, 0) is 6.42 Å². The van der Waals surface area contributed by atoms with Crippen molar-refractivity contribution >= 4 is 11.5 Å². The van der Waals surface area contributed by atoms with Crippen molar-refractivity contribution in [3.63, 3.8) is 0 Å². The van der Waals surface area contributed by atoms with Crippen molar-refractivity contribution in [1.82, 2.24) is 9.97 Å². The molecule has 0 aromatic carbocycles. The standard InChI is InChI=1S/C15H26N4O3/c1-4-7-8-9-10-16-14-13(19(20)21)15(22-11-5-2)18-12(6-3)17-14/h4-11H2,1-3H3,(H,16,17,18). The monoisotopic (exact) mass is 310 g/mol. The number of nitrogens with zero attached hydrogens (tertiary/aromatic N) is 3. The molecule has 1 N–H and O–H groups in total. The van der Waals surface area contributed by atoms with Crippen LogP contribution < -0.4 is 10.1 Å². The number of unbranched alkanes of at least 4 members (excludes halogenated alkanes) is 3. The van der Waals surface area contributed by atoms with Gasteiger partial charge in [-0.25, -0.2) is 4.98 Å². The van der Waals surface area contributed by atoms with E-state index in [1.807, 2.05) is 13.8 Å². The minimum atomic E-state index is -0.473. The van der Waals surface area contributed by atoms with Gasteiger partial charge in [-0.05, 0) is 12.8 Å². The van der Waals surface area contributed by atoms with E-state index in [4.69, 9.17) is 4.74 Å². The predicted octanol–water partition coefficient (Wildman–Crippen LogP) is 3.73. The molecule has 0 aliphatic carbocycles. The highest BCUT2D eigenvalue weighted by molar-refractivity contribution is 5.61. The molecule has 22 heavy (non-hydrogen) atoms. The molecule has 7 heteroatoms. The Morgan fingerprint density at radius 1 is 1.14 bits per heavy atom. The molecular weight excluding hydrogens is 284 g/mol. The highest BCUT2D eigenvalue weighted by atomic mass is 16.6. The number of aryl methyl sites for hydroxylation is 1. The van der Waals surface area contributed by atoms with Gasteiger partial charge in [-0.2, -0.15) is 4.98 Å². The van der Waals surface area contributed by atoms with E-state index in [0.29, 0.717) is 25.4 Å². The van der Waals surface area contributed by atoms with Crippen LogP contribution in [0.1, 0.15) is 58.7 Å². The zero-order valence-corrected chi connectivity index (χ0v) is 13.7. The maximum absolute atomic E-state index is 11.3. The van der Waals surface area contributed by atoms with E-state index in [2.05, 4.69) is 22.2 Å². The summed E-state index contributed by atoms with van der Waals surface area (Å²) in [4.78, 5) is 19.3. The van der Waals surface area contributed by atoms with Crippen molar-refractivity contribution < 1.29 is 9.66 Å². The molecule has 0 spiro atoms. The third kappa shape index (κ3) is 5.46. The Balaban J connectivity index is 2.93. The first-order valence-electron chi connectivity index (χ1n) is 8.05. The van der Waals surface area contributed by atoms with E-state index in [9.17, 15) is 10.1 Å². The van der Waals surface area contributed by atoms with Gasteiger partial charge in [0.2, 0.25) is 5.82 Å². The van der Waals surface area contributed by atoms with Crippen molar-refractivity contribution in [1.29, 1.82) is 0 Å². The van der Waals surface area contributed by atoms with Crippen LogP contribution in [0, 0.1) is 10.1 Å². The number of rotatable bonds is 11. The van der Waals surface area contributed by atoms with Crippen LogP contribution in [0.25, 0.3) is 0 Å². The lowest BCUT2D eigenvalue weighted by Crippen LogP contribution is -2.12. The van der Waals surface area contributed by atoms with Crippen LogP contribution in [0.5, 0.6) is 5.88 Å². The Hall–Kier alpha value is -1.92. The van der Waals surface area contributed by atoms with Crippen molar-refractivity contribution in [3.05, 3.63) is 15.9 Å². The molecule has 0 atom stereocenters. The summed E-state index contributed by atoms with van der Waals surface area (Å²) in [5.74, 6) is 0.877. The third-order valence-corrected chi connectivity index (χ3v) is 3.16. The fourth-order valence-electron chi connectivity index (χ4n) is 1.98. The first-order valence-corrected chi connectivity index (χ1v) is 8.05. The van der Waals surface area contributed by atoms with E-state index < -0.39 is 4.92 Å². The lowest BCUT2D eigenvalue weighted by atomic mass is 10.2. The van der Waals surface area contributed by atoms with Gasteiger partial charge in [0.25, 0.3) is 5.88 Å². The van der Waals surface area contributed by atoms with Crippen LogP contribution in [0.3, 0.4) is 0 Å². The molecule has 0 bridgehead atoms. The summed E-state index contributed by atoms with van der Waals surface area (Å²) in [7, 11) is 0. The number of ether oxygens (including phenoxy) is 1. The highest BCUT2D eigenvalue weighted by Gasteiger charge is 2.25. The summed E-state index contributed by atoms with van der Waals surface area (Å²) in [5.41, 5.74) is -0.166. The highest BCUT2D eigenvalue weighted by Crippen LogP contribution is 2.32. The molecule has 0 unspecified atom stereocenters. The molecule has 1 heterocycles. The maximum atomic E-state index is 11.3. The molecular formula is C15H26N4O3. The molecule has 0 aliphatic heterocycles. The topological polar surface area (TPSA) is 90.2 Å². The molecule has 0 radical (unpaired) electrons. The maximum Gasteiger partial charge on any atom is 0.372 e. The predicted molar refractivity (Wildman–Crippen MR) is 86.5 cm³/mol. The first kappa shape index (κ1) is 18.1. The molecule has 0 saturated carbocycles. The first-order chi connectivity index (χ1) is 10.6. The molecule has 0 amide bonds. The minimum absolute atomic E-state index is 0.0646. The number of nitro groups is 1. The van der Waals surface area contributed by atoms with Gasteiger partial charge in [0.05, 0.1) is 11.5 Å². The van der Waals surface area contributed by atoms with Crippen LogP contribution >= 0.6 is 0 Å². The zero-order chi connectivity index (χ0) is 16.4. The Bertz CT molecular complexity index is 480. The minimum Gasteiger partial charge on any atom is -0.473 e. The summed E-state index contributed by atoms with van der Waals surface area (Å²) in [6, 6.07) is 0. The van der Waals surface area contributed by atoms with Gasteiger partial charge < -0.3 is 10.1 Å². The summed E-state index contributed by atoms with van der Waals surface area (Å²) in [5, 5.41) is 14.4. The summed E-state index contributed by atoms with van der Waals surface area (Å²) in [6.07, 6.45) is 5.75. The van der Waals surface area contributed by atoms with Gasteiger partial charge in [0, 0.05) is 13.0 Å². The Morgan fingerprint density at radius 2 is 1.91 bits per heavy atom. The molecule has 1 aromatic heterocycles. The zero-order valence-electron chi connectivity index (χ0n) is 13.7. The lowest BCUT2D eigenvalue weighted by molar-refractivity contribution is -0.385. The molecule has 1 aromatic rings. The van der Waals surface area contributed by atoms with Crippen LogP contribution in [-0.4, -0.2) is 28.0 Å². The molecule has 124 valence electrons. The third-order valence-electron chi connectivity index (χ3n) is 3.16. The van der Waals surface area contributed by atoms with Gasteiger partial charge >= 0.3 is 5.69 Å². The normalized spacial score (nSPS) is 10.5. The number of aromatic nitrogens is 2. The van der Waals surface area contributed by atoms with Gasteiger partial charge in [-0.15, -0.1) is 0 Å². The van der Waals surface area contributed by atoms with E-state index in [1.54, 1.807) is 0 Å². The Morgan fingerprint density at radius 3 is 2.50 bits per heavy atom. The number of anilines is 1. The van der Waals surface area contributed by atoms with Crippen molar-refractivity contribution in [2.24, 2.45) is 0 Å². The van der Waals surface area contributed by atoms with Crippen molar-refractivity contribution in [2.75, 3.05) is 18.5 Å². The second kappa shape index (κ2) is 9.92. The molecule has 1 rings (SSSR count). The summed E-state index contributed by atoms with van der Waals surface area (Å²) >= 11 is 0. The summed E-state index contributed by atoms with van der Waals surface area (Å²) in [6.45, 7) is 7.06. The Labute approximate surface area is 131 Å². The van der Waals surface area contributed by atoms with Gasteiger partial charge in [0.15, 0.2) is 0 Å². The average Bonchev–Trinajstić information content (AvgIpc) is 2.51. The number of nitrogens with one attached hydrogen (secondary N) is 1. The number of hydrogen-bond donors (Lipinski definition) is 1. The van der Waals surface area contributed by atoms with E-state index in [1.165, 1.54) is 6.42 Å². The smallest absolute Gasteiger partial charge is 0.372 e. The van der Waals surface area contributed by atoms with Gasteiger partial charge in [-0.1, -0.05) is 40.0 Å².